The Labute approximate surface area is 158 Å². The van der Waals surface area contributed by atoms with Crippen molar-refractivity contribution in [1.82, 2.24) is 5.32 Å². The summed E-state index contributed by atoms with van der Waals surface area (Å²) in [5, 5.41) is 41.4. The van der Waals surface area contributed by atoms with E-state index in [2.05, 4.69) is 5.32 Å². The first-order valence-electron chi connectivity index (χ1n) is 8.61. The van der Waals surface area contributed by atoms with E-state index in [1.165, 1.54) is 6.08 Å². The monoisotopic (exact) mass is 375 g/mol. The molecule has 1 fully saturated rings. The molecule has 1 aromatic carbocycles. The maximum Gasteiger partial charge on any atom is 0.262 e. The number of carbonyl (C=O) groups is 1. The summed E-state index contributed by atoms with van der Waals surface area (Å²) in [6.45, 7) is 1.39. The summed E-state index contributed by atoms with van der Waals surface area (Å²) in [7, 11) is 3.82. The molecule has 0 bridgehead atoms. The van der Waals surface area contributed by atoms with Gasteiger partial charge in [-0.2, -0.15) is 5.26 Å². The third-order valence-electron chi connectivity index (χ3n) is 4.58. The Balaban J connectivity index is 2.01. The van der Waals surface area contributed by atoms with Gasteiger partial charge in [0.05, 0.1) is 6.10 Å². The second kappa shape index (κ2) is 8.97. The lowest BCUT2D eigenvalue weighted by molar-refractivity contribution is -0.258. The van der Waals surface area contributed by atoms with E-state index in [1.807, 2.05) is 37.2 Å². The summed E-state index contributed by atoms with van der Waals surface area (Å²) in [6, 6.07) is 9.18. The highest BCUT2D eigenvalue weighted by molar-refractivity contribution is 6.01. The summed E-state index contributed by atoms with van der Waals surface area (Å²) in [4.78, 5) is 14.2. The molecular weight excluding hydrogens is 350 g/mol. The Morgan fingerprint density at radius 1 is 1.26 bits per heavy atom. The van der Waals surface area contributed by atoms with Gasteiger partial charge in [-0.15, -0.1) is 0 Å². The number of anilines is 1. The maximum atomic E-state index is 12.3. The number of nitriles is 1. The molecule has 0 spiro atoms. The normalized spacial score (nSPS) is 28.3. The zero-order valence-corrected chi connectivity index (χ0v) is 15.5. The maximum absolute atomic E-state index is 12.3. The lowest BCUT2D eigenvalue weighted by Crippen LogP contribution is -2.56. The van der Waals surface area contributed by atoms with Crippen LogP contribution in [0.2, 0.25) is 0 Å². The summed E-state index contributed by atoms with van der Waals surface area (Å²) in [5.74, 6) is -1.28. The number of rotatable bonds is 5. The molecule has 1 aromatic rings. The first kappa shape index (κ1) is 20.9. The first-order chi connectivity index (χ1) is 12.7. The fourth-order valence-corrected chi connectivity index (χ4v) is 2.72. The summed E-state index contributed by atoms with van der Waals surface area (Å²) >= 11 is 0. The van der Waals surface area contributed by atoms with Crippen molar-refractivity contribution in [3.05, 3.63) is 35.4 Å². The molecule has 1 aliphatic rings. The molecular formula is C19H25N3O5. The molecule has 1 unspecified atom stereocenters. The van der Waals surface area contributed by atoms with Crippen LogP contribution in [0.3, 0.4) is 0 Å². The molecule has 1 saturated heterocycles. The summed E-state index contributed by atoms with van der Waals surface area (Å²) in [5.41, 5.74) is 1.58. The van der Waals surface area contributed by atoms with Gasteiger partial charge in [0.1, 0.15) is 23.9 Å². The highest BCUT2D eigenvalue weighted by Crippen LogP contribution is 2.24. The van der Waals surface area contributed by atoms with Crippen LogP contribution < -0.4 is 10.2 Å². The van der Waals surface area contributed by atoms with E-state index in [9.17, 15) is 25.4 Å². The van der Waals surface area contributed by atoms with Gasteiger partial charge in [0, 0.05) is 32.2 Å². The van der Waals surface area contributed by atoms with Gasteiger partial charge in [-0.1, -0.05) is 19.1 Å². The fraction of sp³-hybridized carbons (Fsp3) is 0.474. The van der Waals surface area contributed by atoms with E-state index in [-0.39, 0.29) is 12.1 Å². The first-order valence-corrected chi connectivity index (χ1v) is 8.61. The van der Waals surface area contributed by atoms with Crippen molar-refractivity contribution in [1.29, 1.82) is 5.26 Å². The fourth-order valence-electron chi connectivity index (χ4n) is 2.72. The molecule has 1 amide bonds. The minimum absolute atomic E-state index is 0.104. The van der Waals surface area contributed by atoms with E-state index < -0.39 is 36.4 Å². The number of nitrogens with zero attached hydrogens (tertiary/aromatic N) is 2. The molecule has 1 aliphatic heterocycles. The largest absolute Gasteiger partial charge is 0.390 e. The Hall–Kier alpha value is -2.44. The highest BCUT2D eigenvalue weighted by atomic mass is 16.6. The third kappa shape index (κ3) is 5.05. The number of aliphatic hydroxyl groups excluding tert-OH is 3. The van der Waals surface area contributed by atoms with E-state index in [0.29, 0.717) is 5.56 Å². The van der Waals surface area contributed by atoms with Gasteiger partial charge >= 0.3 is 0 Å². The van der Waals surface area contributed by atoms with Gasteiger partial charge in [0.25, 0.3) is 5.91 Å². The van der Waals surface area contributed by atoms with Crippen LogP contribution in [0.1, 0.15) is 12.5 Å². The molecule has 4 N–H and O–H groups in total. The minimum atomic E-state index is -1.25. The summed E-state index contributed by atoms with van der Waals surface area (Å²) < 4.78 is 5.22. The average Bonchev–Trinajstić information content (AvgIpc) is 2.66. The molecule has 0 radical (unpaired) electrons. The highest BCUT2D eigenvalue weighted by Gasteiger charge is 2.41. The number of carbonyl (C=O) groups excluding carboxylic acids is 1. The van der Waals surface area contributed by atoms with E-state index in [1.54, 1.807) is 19.1 Å². The minimum Gasteiger partial charge on any atom is -0.390 e. The van der Waals surface area contributed by atoms with Crippen molar-refractivity contribution < 1.29 is 24.9 Å². The Morgan fingerprint density at radius 3 is 2.44 bits per heavy atom. The van der Waals surface area contributed by atoms with Crippen molar-refractivity contribution in [2.24, 2.45) is 5.92 Å². The molecule has 27 heavy (non-hydrogen) atoms. The molecule has 0 aliphatic carbocycles. The van der Waals surface area contributed by atoms with Crippen LogP contribution in [0.15, 0.2) is 29.8 Å². The van der Waals surface area contributed by atoms with Crippen molar-refractivity contribution in [3.63, 3.8) is 0 Å². The summed E-state index contributed by atoms with van der Waals surface area (Å²) in [6.07, 6.45) is -3.19. The van der Waals surface area contributed by atoms with Crippen LogP contribution in [0.25, 0.3) is 6.08 Å². The molecule has 146 valence electrons. The zero-order chi connectivity index (χ0) is 20.1. The SMILES string of the molecule is C[C@H]1C(O)O[C@H](CNC(=O)/C(C#N)=C/c2ccc(N(C)C)cc2)[C@@H](O)[C@@H]1O. The van der Waals surface area contributed by atoms with Gasteiger partial charge in [-0.3, -0.25) is 4.79 Å². The van der Waals surface area contributed by atoms with E-state index >= 15 is 0 Å². The number of ether oxygens (including phenoxy) is 1. The van der Waals surface area contributed by atoms with Crippen LogP contribution in [-0.4, -0.2) is 66.5 Å². The Bertz CT molecular complexity index is 726. The quantitative estimate of drug-likeness (QED) is 0.416. The van der Waals surface area contributed by atoms with Crippen molar-refractivity contribution in [2.45, 2.75) is 31.5 Å². The third-order valence-corrected chi connectivity index (χ3v) is 4.58. The molecule has 1 heterocycles. The Kier molecular flexibility index (Phi) is 6.93. The number of hydrogen-bond donors (Lipinski definition) is 4. The van der Waals surface area contributed by atoms with E-state index in [0.717, 1.165) is 5.69 Å². The molecule has 5 atom stereocenters. The van der Waals surface area contributed by atoms with Crippen LogP contribution >= 0.6 is 0 Å². The number of hydrogen-bond acceptors (Lipinski definition) is 7. The number of amides is 1. The topological polar surface area (TPSA) is 126 Å². The van der Waals surface area contributed by atoms with Gasteiger partial charge in [0.15, 0.2) is 6.29 Å². The van der Waals surface area contributed by atoms with Crippen molar-refractivity contribution >= 4 is 17.7 Å². The second-order valence-electron chi connectivity index (χ2n) is 6.77. The molecule has 0 aromatic heterocycles. The average molecular weight is 375 g/mol. The molecule has 8 heteroatoms. The standard InChI is InChI=1S/C19H25N3O5/c1-11-16(23)17(24)15(27-19(11)26)10-21-18(25)13(9-20)8-12-4-6-14(7-5-12)22(2)3/h4-8,11,15-17,19,23-24,26H,10H2,1-3H3,(H,21,25)/b13-8+/t11-,15-,16-,17-,19?/m1/s1. The van der Waals surface area contributed by atoms with Crippen LogP contribution in [0.5, 0.6) is 0 Å². The second-order valence-corrected chi connectivity index (χ2v) is 6.77. The van der Waals surface area contributed by atoms with Crippen molar-refractivity contribution in [3.8, 4) is 6.07 Å². The van der Waals surface area contributed by atoms with E-state index in [4.69, 9.17) is 4.74 Å². The molecule has 2 rings (SSSR count). The van der Waals surface area contributed by atoms with Gasteiger partial charge in [-0.05, 0) is 23.8 Å². The molecule has 8 nitrogen and oxygen atoms in total. The van der Waals surface area contributed by atoms with Crippen molar-refractivity contribution in [2.75, 3.05) is 25.5 Å². The van der Waals surface area contributed by atoms with Gasteiger partial charge in [0.2, 0.25) is 0 Å². The lowest BCUT2D eigenvalue weighted by atomic mass is 9.92. The lowest BCUT2D eigenvalue weighted by Gasteiger charge is -2.39. The van der Waals surface area contributed by atoms with Crippen LogP contribution in [0.4, 0.5) is 5.69 Å². The smallest absolute Gasteiger partial charge is 0.262 e. The van der Waals surface area contributed by atoms with Gasteiger partial charge < -0.3 is 30.3 Å². The van der Waals surface area contributed by atoms with Gasteiger partial charge in [-0.25, -0.2) is 0 Å². The predicted molar refractivity (Wildman–Crippen MR) is 99.4 cm³/mol. The number of nitrogens with one attached hydrogen (secondary N) is 1. The Morgan fingerprint density at radius 2 is 1.89 bits per heavy atom. The van der Waals surface area contributed by atoms with Crippen LogP contribution in [-0.2, 0) is 9.53 Å². The van der Waals surface area contributed by atoms with Crippen LogP contribution in [0, 0.1) is 17.2 Å². The molecule has 0 saturated carbocycles. The predicted octanol–water partition coefficient (Wildman–Crippen LogP) is -0.149. The number of benzene rings is 1. The zero-order valence-electron chi connectivity index (χ0n) is 15.5. The number of aliphatic hydroxyl groups is 3.